The molecule has 0 amide bonds. The van der Waals surface area contributed by atoms with E-state index < -0.39 is 0 Å². The van der Waals surface area contributed by atoms with Crippen molar-refractivity contribution < 1.29 is 9.13 Å². The number of nitrogens with one attached hydrogen (secondary N) is 1. The van der Waals surface area contributed by atoms with Gasteiger partial charge >= 0.3 is 0 Å². The van der Waals surface area contributed by atoms with E-state index in [1.165, 1.54) is 6.07 Å². The summed E-state index contributed by atoms with van der Waals surface area (Å²) in [6.45, 7) is 4.15. The van der Waals surface area contributed by atoms with E-state index in [1.54, 1.807) is 13.2 Å². The van der Waals surface area contributed by atoms with Crippen LogP contribution < -0.4 is 10.1 Å². The van der Waals surface area contributed by atoms with Crippen molar-refractivity contribution in [2.75, 3.05) is 7.11 Å². The lowest BCUT2D eigenvalue weighted by molar-refractivity contribution is 0.396. The van der Waals surface area contributed by atoms with Gasteiger partial charge in [0.1, 0.15) is 11.6 Å². The zero-order valence-electron chi connectivity index (χ0n) is 12.4. The number of hydrogen-bond donors (Lipinski definition) is 1. The van der Waals surface area contributed by atoms with Gasteiger partial charge in [0.05, 0.1) is 11.6 Å². The van der Waals surface area contributed by atoms with Crippen molar-refractivity contribution in [1.82, 2.24) is 5.32 Å². The molecule has 4 heteroatoms. The van der Waals surface area contributed by atoms with Gasteiger partial charge in [-0.05, 0) is 53.5 Å². The quantitative estimate of drug-likeness (QED) is 0.817. The van der Waals surface area contributed by atoms with Crippen LogP contribution in [-0.4, -0.2) is 7.11 Å². The molecule has 0 saturated heterocycles. The molecule has 0 aliphatic heterocycles. The Morgan fingerprint density at radius 1 is 1.10 bits per heavy atom. The van der Waals surface area contributed by atoms with Gasteiger partial charge in [-0.1, -0.05) is 24.3 Å². The highest BCUT2D eigenvalue weighted by Gasteiger charge is 2.15. The summed E-state index contributed by atoms with van der Waals surface area (Å²) < 4.78 is 19.2. The van der Waals surface area contributed by atoms with Crippen molar-refractivity contribution in [3.63, 3.8) is 0 Å². The Kier molecular flexibility index (Phi) is 5.37. The Morgan fingerprint density at radius 2 is 1.81 bits per heavy atom. The highest BCUT2D eigenvalue weighted by Crippen LogP contribution is 2.28. The fraction of sp³-hybridized carbons (Fsp3) is 0.294. The molecule has 0 bridgehead atoms. The lowest BCUT2D eigenvalue weighted by atomic mass is 10.0. The van der Waals surface area contributed by atoms with Gasteiger partial charge in [0.25, 0.3) is 0 Å². The van der Waals surface area contributed by atoms with Crippen LogP contribution >= 0.6 is 15.9 Å². The molecule has 21 heavy (non-hydrogen) atoms. The van der Waals surface area contributed by atoms with E-state index in [1.807, 2.05) is 30.3 Å². The molecule has 1 N–H and O–H groups in total. The van der Waals surface area contributed by atoms with Gasteiger partial charge in [-0.3, -0.25) is 0 Å². The highest BCUT2D eigenvalue weighted by molar-refractivity contribution is 9.10. The maximum atomic E-state index is 13.3. The Bertz CT molecular complexity index is 617. The van der Waals surface area contributed by atoms with Crippen LogP contribution in [0.4, 0.5) is 4.39 Å². The average molecular weight is 352 g/mol. The SMILES string of the molecule is COc1ccccc1[C@@H](C)NC(C)c1ccc(F)c(Br)c1. The molecule has 2 rings (SSSR count). The molecule has 0 aliphatic rings. The van der Waals surface area contributed by atoms with Crippen LogP contribution in [-0.2, 0) is 0 Å². The predicted molar refractivity (Wildman–Crippen MR) is 87.1 cm³/mol. The summed E-state index contributed by atoms with van der Waals surface area (Å²) >= 11 is 3.23. The molecule has 1 unspecified atom stereocenters. The normalized spacial score (nSPS) is 13.8. The molecule has 0 aliphatic carbocycles. The summed E-state index contributed by atoms with van der Waals surface area (Å²) in [4.78, 5) is 0. The van der Waals surface area contributed by atoms with E-state index in [0.29, 0.717) is 4.47 Å². The summed E-state index contributed by atoms with van der Waals surface area (Å²) in [5.74, 6) is 0.619. The van der Waals surface area contributed by atoms with Crippen molar-refractivity contribution in [2.45, 2.75) is 25.9 Å². The maximum Gasteiger partial charge on any atom is 0.137 e. The van der Waals surface area contributed by atoms with Crippen molar-refractivity contribution in [2.24, 2.45) is 0 Å². The van der Waals surface area contributed by atoms with Crippen LogP contribution in [0.15, 0.2) is 46.9 Å². The molecule has 2 aromatic carbocycles. The molecule has 0 spiro atoms. The summed E-state index contributed by atoms with van der Waals surface area (Å²) in [7, 11) is 1.67. The molecule has 112 valence electrons. The van der Waals surface area contributed by atoms with Gasteiger partial charge in [0, 0.05) is 17.6 Å². The smallest absolute Gasteiger partial charge is 0.137 e. The first-order chi connectivity index (χ1) is 10.0. The molecular weight excluding hydrogens is 333 g/mol. The van der Waals surface area contributed by atoms with Gasteiger partial charge in [0.2, 0.25) is 0 Å². The third kappa shape index (κ3) is 3.83. The molecule has 2 nitrogen and oxygen atoms in total. The van der Waals surface area contributed by atoms with Crippen LogP contribution in [0.3, 0.4) is 0 Å². The topological polar surface area (TPSA) is 21.3 Å². The number of methoxy groups -OCH3 is 1. The average Bonchev–Trinajstić information content (AvgIpc) is 2.49. The lowest BCUT2D eigenvalue weighted by Crippen LogP contribution is -2.23. The molecule has 0 saturated carbocycles. The molecule has 2 aromatic rings. The number of ether oxygens (including phenoxy) is 1. The first-order valence-corrected chi connectivity index (χ1v) is 7.66. The van der Waals surface area contributed by atoms with Gasteiger partial charge in [-0.15, -0.1) is 0 Å². The van der Waals surface area contributed by atoms with Crippen LogP contribution in [0.1, 0.15) is 37.1 Å². The second-order valence-corrected chi connectivity index (χ2v) is 5.88. The minimum atomic E-state index is -0.247. The van der Waals surface area contributed by atoms with E-state index in [9.17, 15) is 4.39 Å². The summed E-state index contributed by atoms with van der Waals surface area (Å²) in [5.41, 5.74) is 2.14. The molecular formula is C17H19BrFNO. The van der Waals surface area contributed by atoms with Gasteiger partial charge in [0.15, 0.2) is 0 Å². The number of hydrogen-bond acceptors (Lipinski definition) is 2. The zero-order chi connectivity index (χ0) is 15.4. The van der Waals surface area contributed by atoms with Gasteiger partial charge < -0.3 is 10.1 Å². The summed E-state index contributed by atoms with van der Waals surface area (Å²) in [6, 6.07) is 13.3. The van der Waals surface area contributed by atoms with E-state index in [0.717, 1.165) is 16.9 Å². The zero-order valence-corrected chi connectivity index (χ0v) is 13.9. The fourth-order valence-corrected chi connectivity index (χ4v) is 2.76. The van der Waals surface area contributed by atoms with Crippen molar-refractivity contribution >= 4 is 15.9 Å². The molecule has 0 fully saturated rings. The van der Waals surface area contributed by atoms with E-state index >= 15 is 0 Å². The van der Waals surface area contributed by atoms with E-state index in [4.69, 9.17) is 4.74 Å². The third-order valence-electron chi connectivity index (χ3n) is 3.55. The van der Waals surface area contributed by atoms with Gasteiger partial charge in [-0.2, -0.15) is 0 Å². The maximum absolute atomic E-state index is 13.3. The number of benzene rings is 2. The minimum Gasteiger partial charge on any atom is -0.496 e. The molecule has 2 atom stereocenters. The largest absolute Gasteiger partial charge is 0.496 e. The van der Waals surface area contributed by atoms with Crippen LogP contribution in [0.25, 0.3) is 0 Å². The molecule has 0 heterocycles. The summed E-state index contributed by atoms with van der Waals surface area (Å²) in [5, 5.41) is 3.51. The Hall–Kier alpha value is -1.39. The van der Waals surface area contributed by atoms with Crippen molar-refractivity contribution in [3.05, 3.63) is 63.9 Å². The van der Waals surface area contributed by atoms with Crippen molar-refractivity contribution in [1.29, 1.82) is 0 Å². The monoisotopic (exact) mass is 351 g/mol. The standard InChI is InChI=1S/C17H19BrFNO/c1-11(13-8-9-16(19)15(18)10-13)20-12(2)14-6-4-5-7-17(14)21-3/h4-12,20H,1-3H3/t11?,12-/m1/s1. The fourth-order valence-electron chi connectivity index (χ4n) is 2.37. The van der Waals surface area contributed by atoms with Gasteiger partial charge in [-0.25, -0.2) is 4.39 Å². The van der Waals surface area contributed by atoms with Crippen molar-refractivity contribution in [3.8, 4) is 5.75 Å². The number of para-hydroxylation sites is 1. The predicted octanol–water partition coefficient (Wildman–Crippen LogP) is 5.01. The van der Waals surface area contributed by atoms with E-state index in [2.05, 4.69) is 35.1 Å². The second kappa shape index (κ2) is 7.05. The highest BCUT2D eigenvalue weighted by atomic mass is 79.9. The number of rotatable bonds is 5. The Balaban J connectivity index is 2.14. The van der Waals surface area contributed by atoms with Crippen LogP contribution in [0.5, 0.6) is 5.75 Å². The van der Waals surface area contributed by atoms with E-state index in [-0.39, 0.29) is 17.9 Å². The van der Waals surface area contributed by atoms with Crippen LogP contribution in [0.2, 0.25) is 0 Å². The second-order valence-electron chi connectivity index (χ2n) is 5.03. The molecule has 0 aromatic heterocycles. The lowest BCUT2D eigenvalue weighted by Gasteiger charge is -2.22. The number of halogens is 2. The Labute approximate surface area is 133 Å². The van der Waals surface area contributed by atoms with Crippen LogP contribution in [0, 0.1) is 5.82 Å². The first kappa shape index (κ1) is 16.0. The Morgan fingerprint density at radius 3 is 2.48 bits per heavy atom. The minimum absolute atomic E-state index is 0.0989. The first-order valence-electron chi connectivity index (χ1n) is 6.87. The summed E-state index contributed by atoms with van der Waals surface area (Å²) in [6.07, 6.45) is 0. The molecule has 0 radical (unpaired) electrons. The third-order valence-corrected chi connectivity index (χ3v) is 4.16.